The summed E-state index contributed by atoms with van der Waals surface area (Å²) in [5, 5.41) is 0. The Morgan fingerprint density at radius 3 is 2.41 bits per heavy atom. The number of ether oxygens (including phenoxy) is 1. The van der Waals surface area contributed by atoms with Gasteiger partial charge >= 0.3 is 29.6 Å². The molecule has 0 unspecified atom stereocenters. The van der Waals surface area contributed by atoms with Crippen molar-refractivity contribution in [3.8, 4) is 5.75 Å². The summed E-state index contributed by atoms with van der Waals surface area (Å²) in [6.07, 6.45) is 0. The van der Waals surface area contributed by atoms with Crippen LogP contribution in [-0.4, -0.2) is 36.7 Å². The summed E-state index contributed by atoms with van der Waals surface area (Å²) >= 11 is 6.13. The van der Waals surface area contributed by atoms with Crippen molar-refractivity contribution in [3.63, 3.8) is 0 Å². The Balaban J connectivity index is 0.00000144. The monoisotopic (exact) mass is 272 g/mol. The van der Waals surface area contributed by atoms with Gasteiger partial charge in [-0.1, -0.05) is 30.0 Å². The van der Waals surface area contributed by atoms with E-state index in [-0.39, 0.29) is 29.6 Å². The topological polar surface area (TPSA) is 9.23 Å². The molecule has 0 radical (unpaired) electrons. The van der Waals surface area contributed by atoms with Crippen LogP contribution in [-0.2, 0) is 0 Å². The van der Waals surface area contributed by atoms with E-state index < -0.39 is 0 Å². The molecule has 0 aromatic heterocycles. The molecule has 0 N–H and O–H groups in total. The van der Waals surface area contributed by atoms with E-state index in [4.69, 9.17) is 4.74 Å². The van der Waals surface area contributed by atoms with Gasteiger partial charge in [0.15, 0.2) is 0 Å². The Morgan fingerprint density at radius 2 is 1.76 bits per heavy atom. The number of hydrogen-bond donors (Lipinski definition) is 1. The van der Waals surface area contributed by atoms with Gasteiger partial charge in [0.05, 0.1) is 7.11 Å². The van der Waals surface area contributed by atoms with Crippen LogP contribution >= 0.6 is 24.4 Å². The second kappa shape index (κ2) is 7.39. The minimum absolute atomic E-state index is 0. The van der Waals surface area contributed by atoms with Crippen molar-refractivity contribution < 1.29 is 4.74 Å². The van der Waals surface area contributed by atoms with Crippen LogP contribution in [0.5, 0.6) is 5.75 Å². The molecule has 0 atom stereocenters. The third-order valence-corrected chi connectivity index (χ3v) is 3.74. The van der Waals surface area contributed by atoms with E-state index in [1.807, 2.05) is 36.4 Å². The molecule has 0 saturated heterocycles. The van der Waals surface area contributed by atoms with Crippen molar-refractivity contribution in [2.24, 2.45) is 0 Å². The molecule has 84 valence electrons. The van der Waals surface area contributed by atoms with Gasteiger partial charge in [0, 0.05) is 14.7 Å². The van der Waals surface area contributed by atoms with Gasteiger partial charge in [-0.2, -0.15) is 0 Å². The van der Waals surface area contributed by atoms with Gasteiger partial charge in [0.1, 0.15) is 5.75 Å². The summed E-state index contributed by atoms with van der Waals surface area (Å²) in [7, 11) is 1.67. The van der Waals surface area contributed by atoms with E-state index in [0.29, 0.717) is 0 Å². The van der Waals surface area contributed by atoms with Gasteiger partial charge in [-0.05, 0) is 30.3 Å². The molecule has 0 aliphatic carbocycles. The molecule has 0 spiro atoms. The molecule has 1 nitrogen and oxygen atoms in total. The van der Waals surface area contributed by atoms with Gasteiger partial charge in [-0.15, -0.1) is 12.6 Å². The fourth-order valence-electron chi connectivity index (χ4n) is 1.32. The van der Waals surface area contributed by atoms with Gasteiger partial charge in [-0.25, -0.2) is 0 Å². The van der Waals surface area contributed by atoms with Gasteiger partial charge in [-0.3, -0.25) is 0 Å². The van der Waals surface area contributed by atoms with Gasteiger partial charge in [0.2, 0.25) is 0 Å². The fraction of sp³-hybridized carbons (Fsp3) is 0.0769. The molecule has 2 rings (SSSR count). The molecular formula is C13H13NaOS2. The van der Waals surface area contributed by atoms with Crippen molar-refractivity contribution in [2.45, 2.75) is 14.7 Å². The molecule has 17 heavy (non-hydrogen) atoms. The molecule has 2 aromatic rings. The molecule has 0 amide bonds. The number of thiol groups is 1. The first-order valence-electron chi connectivity index (χ1n) is 4.89. The summed E-state index contributed by atoms with van der Waals surface area (Å²) in [6, 6.07) is 16.1. The van der Waals surface area contributed by atoms with Crippen LogP contribution in [0.1, 0.15) is 0 Å². The van der Waals surface area contributed by atoms with E-state index in [1.165, 1.54) is 4.90 Å². The first kappa shape index (κ1) is 15.0. The maximum atomic E-state index is 5.20. The van der Waals surface area contributed by atoms with Crippen LogP contribution in [0, 0.1) is 0 Å². The average molecular weight is 272 g/mol. The Hall–Kier alpha value is -0.0600. The van der Waals surface area contributed by atoms with E-state index in [2.05, 4.69) is 24.8 Å². The van der Waals surface area contributed by atoms with E-state index in [0.717, 1.165) is 15.5 Å². The van der Waals surface area contributed by atoms with Crippen LogP contribution in [0.25, 0.3) is 0 Å². The first-order valence-corrected chi connectivity index (χ1v) is 6.16. The second-order valence-corrected chi connectivity index (χ2v) is 4.85. The van der Waals surface area contributed by atoms with Crippen molar-refractivity contribution in [2.75, 3.05) is 7.11 Å². The summed E-state index contributed by atoms with van der Waals surface area (Å²) < 4.78 is 5.20. The summed E-state index contributed by atoms with van der Waals surface area (Å²) in [6.45, 7) is 0. The molecule has 0 fully saturated rings. The zero-order chi connectivity index (χ0) is 11.4. The molecule has 0 saturated carbocycles. The molecule has 4 heteroatoms. The molecular weight excluding hydrogens is 259 g/mol. The van der Waals surface area contributed by atoms with E-state index >= 15 is 0 Å². The molecule has 0 bridgehead atoms. The zero-order valence-electron chi connectivity index (χ0n) is 8.88. The number of rotatable bonds is 3. The van der Waals surface area contributed by atoms with Crippen LogP contribution in [0.2, 0.25) is 0 Å². The number of benzene rings is 2. The van der Waals surface area contributed by atoms with E-state index in [9.17, 15) is 0 Å². The molecule has 0 aliphatic heterocycles. The van der Waals surface area contributed by atoms with Crippen molar-refractivity contribution in [1.29, 1.82) is 0 Å². The quantitative estimate of drug-likeness (QED) is 0.676. The van der Waals surface area contributed by atoms with Crippen LogP contribution in [0.3, 0.4) is 0 Å². The van der Waals surface area contributed by atoms with E-state index in [1.54, 1.807) is 18.9 Å². The molecule has 0 aliphatic rings. The van der Waals surface area contributed by atoms with Crippen molar-refractivity contribution >= 4 is 53.9 Å². The van der Waals surface area contributed by atoms with Gasteiger partial charge < -0.3 is 4.74 Å². The summed E-state index contributed by atoms with van der Waals surface area (Å²) in [5.41, 5.74) is 0. The molecule has 0 heterocycles. The van der Waals surface area contributed by atoms with Crippen molar-refractivity contribution in [3.05, 3.63) is 48.5 Å². The summed E-state index contributed by atoms with van der Waals surface area (Å²) in [5.74, 6) is 0.858. The molecule has 2 aromatic carbocycles. The Morgan fingerprint density at radius 1 is 1.06 bits per heavy atom. The number of hydrogen-bond acceptors (Lipinski definition) is 3. The third kappa shape index (κ3) is 4.27. The van der Waals surface area contributed by atoms with Crippen LogP contribution < -0.4 is 4.74 Å². The third-order valence-electron chi connectivity index (χ3n) is 2.14. The minimum atomic E-state index is 0. The summed E-state index contributed by atoms with van der Waals surface area (Å²) in [4.78, 5) is 3.27. The Labute approximate surface area is 134 Å². The average Bonchev–Trinajstić information content (AvgIpc) is 2.33. The van der Waals surface area contributed by atoms with Crippen LogP contribution in [0.4, 0.5) is 0 Å². The zero-order valence-corrected chi connectivity index (χ0v) is 10.6. The standard InChI is InChI=1S/C13H12OS2.Na.H/c1-14-10-7-8-12(15)13(9-10)16-11-5-3-2-4-6-11;;/h2-9,15H,1H3;;. The first-order chi connectivity index (χ1) is 7.79. The number of methoxy groups -OCH3 is 1. The van der Waals surface area contributed by atoms with Crippen LogP contribution in [0.15, 0.2) is 63.2 Å². The Kier molecular flexibility index (Phi) is 6.52. The van der Waals surface area contributed by atoms with Gasteiger partial charge in [0.25, 0.3) is 0 Å². The predicted octanol–water partition coefficient (Wildman–Crippen LogP) is 3.49. The van der Waals surface area contributed by atoms with Crippen molar-refractivity contribution in [1.82, 2.24) is 0 Å². The SMILES string of the molecule is COc1ccc(S)c(Sc2ccccc2)c1.[NaH]. The normalized spacial score (nSPS) is 9.53. The maximum absolute atomic E-state index is 5.20. The fourth-order valence-corrected chi connectivity index (χ4v) is 2.49. The predicted molar refractivity (Wildman–Crippen MR) is 78.0 cm³/mol. The second-order valence-electron chi connectivity index (χ2n) is 3.25. The Bertz CT molecular complexity index is 474.